The number of anilines is 3. The quantitative estimate of drug-likeness (QED) is 0.156. The van der Waals surface area contributed by atoms with Gasteiger partial charge in [-0.1, -0.05) is 13.8 Å². The number of H-pyrrole nitrogens is 1. The number of likely N-dealkylation sites (N-methyl/N-ethyl adjacent to an activating group) is 1. The lowest BCUT2D eigenvalue weighted by atomic mass is 10.1. The maximum absolute atomic E-state index is 13.8. The highest BCUT2D eigenvalue weighted by atomic mass is 32.2. The van der Waals surface area contributed by atoms with Gasteiger partial charge >= 0.3 is 0 Å². The molecule has 45 heavy (non-hydrogen) atoms. The Hall–Kier alpha value is -4.07. The predicted octanol–water partition coefficient (Wildman–Crippen LogP) is 5.66. The number of benzene rings is 3. The summed E-state index contributed by atoms with van der Waals surface area (Å²) in [6.07, 6.45) is 1.60. The molecule has 1 atom stereocenters. The zero-order chi connectivity index (χ0) is 32.1. The smallest absolute Gasteiger partial charge is 0.258 e. The van der Waals surface area contributed by atoms with Crippen molar-refractivity contribution < 1.29 is 26.7 Å². The molecule has 13 heteroatoms. The number of carbonyl (C=O) groups excluding carboxylic acids is 1. The van der Waals surface area contributed by atoms with Crippen LogP contribution in [0.3, 0.4) is 0 Å². The molecule has 1 unspecified atom stereocenters. The molecule has 0 bridgehead atoms. The second kappa shape index (κ2) is 13.9. The first kappa shape index (κ1) is 32.3. The molecule has 3 aromatic carbocycles. The first-order valence-corrected chi connectivity index (χ1v) is 16.5. The lowest BCUT2D eigenvalue weighted by Gasteiger charge is -2.27. The molecule has 0 radical (unpaired) electrons. The van der Waals surface area contributed by atoms with E-state index in [4.69, 9.17) is 4.74 Å². The van der Waals surface area contributed by atoms with Crippen molar-refractivity contribution in [2.75, 3.05) is 48.8 Å². The van der Waals surface area contributed by atoms with Gasteiger partial charge in [0.15, 0.2) is 5.82 Å². The molecule has 2 heterocycles. The molecule has 4 N–H and O–H groups in total. The van der Waals surface area contributed by atoms with Crippen molar-refractivity contribution in [1.29, 1.82) is 0 Å². The summed E-state index contributed by atoms with van der Waals surface area (Å²) in [4.78, 5) is 15.3. The van der Waals surface area contributed by atoms with Crippen LogP contribution in [0.15, 0.2) is 64.4 Å². The second-order valence-electron chi connectivity index (χ2n) is 11.2. The van der Waals surface area contributed by atoms with Crippen LogP contribution in [0.5, 0.6) is 0 Å². The monoisotopic (exact) mass is 640 g/mol. The Bertz CT molecular complexity index is 1750. The summed E-state index contributed by atoms with van der Waals surface area (Å²) in [5.41, 5.74) is 2.38. The number of rotatable bonds is 12. The molecular weight excluding hydrogens is 602 g/mol. The zero-order valence-electron chi connectivity index (χ0n) is 25.5. The summed E-state index contributed by atoms with van der Waals surface area (Å²) in [6, 6.07) is 12.1. The fourth-order valence-corrected chi connectivity index (χ4v) is 6.79. The fraction of sp³-hybridized carbons (Fsp3) is 0.375. The number of aromatic amines is 1. The predicted molar refractivity (Wildman–Crippen MR) is 171 cm³/mol. The van der Waals surface area contributed by atoms with E-state index in [2.05, 4.69) is 51.8 Å². The number of carbonyl (C=O) groups is 1. The van der Waals surface area contributed by atoms with Gasteiger partial charge in [0.05, 0.1) is 20.9 Å². The third kappa shape index (κ3) is 7.60. The summed E-state index contributed by atoms with van der Waals surface area (Å²) in [6.45, 7) is 10.4. The number of nitrogens with zero attached hydrogens (tertiary/aromatic N) is 2. The lowest BCUT2D eigenvalue weighted by molar-refractivity contribution is 0.0904. The van der Waals surface area contributed by atoms with Gasteiger partial charge in [0.1, 0.15) is 11.6 Å². The summed E-state index contributed by atoms with van der Waals surface area (Å²) < 4.78 is 59.6. The van der Waals surface area contributed by atoms with Crippen molar-refractivity contribution in [2.24, 2.45) is 0 Å². The molecule has 0 saturated carbocycles. The van der Waals surface area contributed by atoms with Gasteiger partial charge < -0.3 is 25.6 Å². The summed E-state index contributed by atoms with van der Waals surface area (Å²) >= 11 is 0. The van der Waals surface area contributed by atoms with Crippen molar-refractivity contribution in [2.45, 2.75) is 55.5 Å². The highest BCUT2D eigenvalue weighted by Crippen LogP contribution is 2.30. The van der Waals surface area contributed by atoms with Gasteiger partial charge in [-0.2, -0.15) is 5.10 Å². The van der Waals surface area contributed by atoms with E-state index in [0.29, 0.717) is 41.4 Å². The Kier molecular flexibility index (Phi) is 10.0. The Morgan fingerprint density at radius 3 is 2.42 bits per heavy atom. The van der Waals surface area contributed by atoms with Gasteiger partial charge in [-0.25, -0.2) is 17.2 Å². The van der Waals surface area contributed by atoms with Crippen LogP contribution in [0.2, 0.25) is 0 Å². The van der Waals surface area contributed by atoms with Crippen LogP contribution in [0, 0.1) is 11.6 Å². The Morgan fingerprint density at radius 2 is 1.73 bits per heavy atom. The highest BCUT2D eigenvalue weighted by Gasteiger charge is 2.23. The molecule has 0 spiro atoms. The van der Waals surface area contributed by atoms with Crippen molar-refractivity contribution in [3.8, 4) is 0 Å². The van der Waals surface area contributed by atoms with Crippen molar-refractivity contribution in [3.05, 3.63) is 71.8 Å². The third-order valence-corrected chi connectivity index (χ3v) is 9.64. The van der Waals surface area contributed by atoms with Crippen molar-refractivity contribution >= 4 is 43.8 Å². The molecule has 5 rings (SSSR count). The average molecular weight is 641 g/mol. The number of fused-ring (bicyclic) bond motifs is 1. The maximum atomic E-state index is 13.8. The van der Waals surface area contributed by atoms with E-state index in [-0.39, 0.29) is 22.8 Å². The molecule has 0 aliphatic carbocycles. The number of aromatic nitrogens is 2. The summed E-state index contributed by atoms with van der Waals surface area (Å²) in [5, 5.41) is 17.2. The van der Waals surface area contributed by atoms with Gasteiger partial charge in [-0.15, -0.1) is 0 Å². The first-order chi connectivity index (χ1) is 21.6. The van der Waals surface area contributed by atoms with E-state index in [1.807, 2.05) is 12.1 Å². The Labute approximate surface area is 261 Å². The number of hydrogen-bond donors (Lipinski definition) is 4. The molecule has 4 aromatic rings. The largest absolute Gasteiger partial charge is 0.381 e. The normalized spacial score (nSPS) is 14.9. The van der Waals surface area contributed by atoms with Crippen LogP contribution < -0.4 is 16.0 Å². The molecule has 1 aliphatic rings. The molecule has 1 saturated heterocycles. The number of halogens is 2. The second-order valence-corrected chi connectivity index (χ2v) is 13.1. The molecule has 240 valence electrons. The Morgan fingerprint density at radius 1 is 1.02 bits per heavy atom. The van der Waals surface area contributed by atoms with E-state index in [1.165, 1.54) is 18.2 Å². The minimum absolute atomic E-state index is 0.115. The maximum Gasteiger partial charge on any atom is 0.258 e. The van der Waals surface area contributed by atoms with E-state index in [0.717, 1.165) is 50.3 Å². The van der Waals surface area contributed by atoms with Gasteiger partial charge in [0.25, 0.3) is 5.91 Å². The molecular formula is C32H38F2N6O4S. The van der Waals surface area contributed by atoms with Crippen LogP contribution in [-0.4, -0.2) is 74.4 Å². The number of amides is 1. The van der Waals surface area contributed by atoms with Crippen molar-refractivity contribution in [1.82, 2.24) is 15.1 Å². The van der Waals surface area contributed by atoms with Crippen molar-refractivity contribution in [3.63, 3.8) is 0 Å². The van der Waals surface area contributed by atoms with Crippen LogP contribution >= 0.6 is 0 Å². The average Bonchev–Trinajstić information content (AvgIpc) is 3.41. The number of sulfone groups is 1. The van der Waals surface area contributed by atoms with Gasteiger partial charge in [-0.3, -0.25) is 9.89 Å². The van der Waals surface area contributed by atoms with Crippen LogP contribution in [-0.2, 0) is 14.6 Å². The SMILES string of the molecule is CCN(CC)CC(C)Nc1ccc(C(=O)Nc2n[nH]c3ccc(S(=O)(=O)c4cc(F)cc(F)c4)cc23)c(NC2CCOCC2)c1. The molecule has 1 fully saturated rings. The zero-order valence-corrected chi connectivity index (χ0v) is 26.3. The Balaban J connectivity index is 1.42. The van der Waals surface area contributed by atoms with Crippen LogP contribution in [0.25, 0.3) is 10.9 Å². The van der Waals surface area contributed by atoms with Gasteiger partial charge in [0, 0.05) is 54.7 Å². The molecule has 1 amide bonds. The highest BCUT2D eigenvalue weighted by molar-refractivity contribution is 7.91. The first-order valence-electron chi connectivity index (χ1n) is 15.0. The molecule has 10 nitrogen and oxygen atoms in total. The minimum atomic E-state index is -4.26. The summed E-state index contributed by atoms with van der Waals surface area (Å²) in [7, 11) is -4.26. The standard InChI is InChI=1S/C32H38F2N6O4S/c1-4-40(5-2)19-20(3)35-24-6-8-27(30(17-24)36-23-10-12-44-13-11-23)32(41)37-31-28-18-25(7-9-29(28)38-39-31)45(42,43)26-15-21(33)14-22(34)16-26/h6-9,14-18,20,23,35-36H,4-5,10-13,19H2,1-3H3,(H2,37,38,39,41). The van der Waals surface area contributed by atoms with Crippen LogP contribution in [0.4, 0.5) is 26.0 Å². The van der Waals surface area contributed by atoms with E-state index in [9.17, 15) is 22.0 Å². The van der Waals surface area contributed by atoms with E-state index < -0.39 is 32.3 Å². The van der Waals surface area contributed by atoms with Gasteiger partial charge in [0.2, 0.25) is 9.84 Å². The fourth-order valence-electron chi connectivity index (χ4n) is 5.46. The topological polar surface area (TPSA) is 128 Å². The summed E-state index contributed by atoms with van der Waals surface area (Å²) in [5.74, 6) is -2.34. The number of nitrogens with one attached hydrogen (secondary N) is 4. The lowest BCUT2D eigenvalue weighted by Crippen LogP contribution is -2.34. The number of hydrogen-bond acceptors (Lipinski definition) is 8. The number of ether oxygens (including phenoxy) is 1. The molecule has 1 aliphatic heterocycles. The minimum Gasteiger partial charge on any atom is -0.381 e. The third-order valence-electron chi connectivity index (χ3n) is 7.91. The van der Waals surface area contributed by atoms with E-state index >= 15 is 0 Å². The van der Waals surface area contributed by atoms with E-state index in [1.54, 1.807) is 6.07 Å². The van der Waals surface area contributed by atoms with Crippen LogP contribution in [0.1, 0.15) is 44.0 Å². The molecule has 1 aromatic heterocycles. The van der Waals surface area contributed by atoms with Gasteiger partial charge in [-0.05, 0) is 81.4 Å².